The second-order valence-electron chi connectivity index (χ2n) is 6.44. The summed E-state index contributed by atoms with van der Waals surface area (Å²) >= 11 is 0. The summed E-state index contributed by atoms with van der Waals surface area (Å²) in [4.78, 5) is 14.8. The molecule has 168 valence electrons. The Morgan fingerprint density at radius 2 is 1.31 bits per heavy atom. The zero-order chi connectivity index (χ0) is 23.2. The van der Waals surface area contributed by atoms with Gasteiger partial charge in [0.1, 0.15) is 5.75 Å². The molecule has 0 radical (unpaired) electrons. The largest absolute Gasteiger partial charge is 0.743 e. The number of esters is 1. The normalized spacial score (nSPS) is 11.9. The summed E-state index contributed by atoms with van der Waals surface area (Å²) < 4.78 is 66.7. The highest BCUT2D eigenvalue weighted by atomic mass is 32.2. The summed E-state index contributed by atoms with van der Waals surface area (Å²) in [5, 5.41) is -4.70. The molecule has 0 amide bonds. The Morgan fingerprint density at radius 3 is 1.78 bits per heavy atom. The van der Waals surface area contributed by atoms with Crippen molar-refractivity contribution in [3.8, 4) is 5.75 Å². The van der Waals surface area contributed by atoms with Crippen LogP contribution in [0.1, 0.15) is 0 Å². The van der Waals surface area contributed by atoms with Crippen molar-refractivity contribution in [1.82, 2.24) is 0 Å². The van der Waals surface area contributed by atoms with Crippen LogP contribution in [0, 0.1) is 0 Å². The molecule has 0 heterocycles. The number of rotatable bonds is 9. The van der Waals surface area contributed by atoms with Crippen LogP contribution in [0.15, 0.2) is 99.6 Å². The smallest absolute Gasteiger partial charge is 0.367 e. The van der Waals surface area contributed by atoms with Gasteiger partial charge in [-0.25, -0.2) is 13.2 Å². The predicted octanol–water partition coefficient (Wildman–Crippen LogP) is 3.84. The summed E-state index contributed by atoms with van der Waals surface area (Å²) in [6.07, 6.45) is 0. The SMILES string of the molecule is O=C(COc1ccc([S+](c2ccccc2)c2ccccc2)cc1)OCC(F)(F)S(=O)(=O)[O-]. The Hall–Kier alpha value is -2.95. The molecule has 0 aliphatic rings. The van der Waals surface area contributed by atoms with Crippen molar-refractivity contribution in [3.05, 3.63) is 84.9 Å². The maximum absolute atomic E-state index is 13.0. The van der Waals surface area contributed by atoms with E-state index in [0.29, 0.717) is 5.75 Å². The Morgan fingerprint density at radius 1 is 0.844 bits per heavy atom. The van der Waals surface area contributed by atoms with Crippen molar-refractivity contribution in [2.75, 3.05) is 13.2 Å². The standard InChI is InChI=1S/C22H18F2O6S2/c23-22(24,32(26,27)28)16-30-21(25)15-29-17-11-13-20(14-12-17)31(18-7-3-1-4-8-18)19-9-5-2-6-10-19/h1-14H,15-16H2. The van der Waals surface area contributed by atoms with Gasteiger partial charge in [0.25, 0.3) is 0 Å². The van der Waals surface area contributed by atoms with Crippen molar-refractivity contribution in [2.45, 2.75) is 19.9 Å². The van der Waals surface area contributed by atoms with E-state index in [1.54, 1.807) is 12.1 Å². The molecule has 0 aliphatic heterocycles. The summed E-state index contributed by atoms with van der Waals surface area (Å²) in [6.45, 7) is -2.59. The second-order valence-corrected chi connectivity index (χ2v) is 9.98. The van der Waals surface area contributed by atoms with Gasteiger partial charge in [-0.2, -0.15) is 8.78 Å². The lowest BCUT2D eigenvalue weighted by molar-refractivity contribution is -0.152. The fourth-order valence-electron chi connectivity index (χ4n) is 2.61. The third-order valence-corrected chi connectivity index (χ3v) is 7.22. The first-order valence-corrected chi connectivity index (χ1v) is 11.9. The molecular formula is C22H18F2O6S2. The topological polar surface area (TPSA) is 92.7 Å². The minimum absolute atomic E-state index is 0.290. The van der Waals surface area contributed by atoms with Gasteiger partial charge in [-0.05, 0) is 48.5 Å². The van der Waals surface area contributed by atoms with Gasteiger partial charge in [0, 0.05) is 0 Å². The first-order valence-electron chi connectivity index (χ1n) is 9.23. The molecule has 32 heavy (non-hydrogen) atoms. The van der Waals surface area contributed by atoms with E-state index in [0.717, 1.165) is 14.7 Å². The van der Waals surface area contributed by atoms with E-state index in [2.05, 4.69) is 4.74 Å². The molecule has 0 spiro atoms. The van der Waals surface area contributed by atoms with Crippen LogP contribution in [0.4, 0.5) is 8.78 Å². The highest BCUT2D eigenvalue weighted by Gasteiger charge is 2.39. The lowest BCUT2D eigenvalue weighted by Crippen LogP contribution is -2.35. The Kier molecular flexibility index (Phi) is 7.49. The third kappa shape index (κ3) is 6.06. The van der Waals surface area contributed by atoms with Gasteiger partial charge in [-0.3, -0.25) is 0 Å². The minimum Gasteiger partial charge on any atom is -0.743 e. The van der Waals surface area contributed by atoms with Crippen LogP contribution in [-0.4, -0.2) is 37.4 Å². The Labute approximate surface area is 186 Å². The number of alkyl halides is 2. The van der Waals surface area contributed by atoms with E-state index in [1.807, 2.05) is 72.8 Å². The van der Waals surface area contributed by atoms with Gasteiger partial charge in [0.05, 0.1) is 10.9 Å². The summed E-state index contributed by atoms with van der Waals surface area (Å²) in [5.41, 5.74) is 0. The average molecular weight is 481 g/mol. The molecule has 0 N–H and O–H groups in total. The molecule has 0 fully saturated rings. The first-order chi connectivity index (χ1) is 15.2. The van der Waals surface area contributed by atoms with Crippen molar-refractivity contribution >= 4 is 27.0 Å². The van der Waals surface area contributed by atoms with Gasteiger partial charge in [-0.15, -0.1) is 0 Å². The van der Waals surface area contributed by atoms with Gasteiger partial charge in [-0.1, -0.05) is 36.4 Å². The molecule has 6 nitrogen and oxygen atoms in total. The van der Waals surface area contributed by atoms with Crippen LogP contribution in [0.2, 0.25) is 0 Å². The first kappa shape index (κ1) is 23.7. The fourth-order valence-corrected chi connectivity index (χ4v) is 4.90. The van der Waals surface area contributed by atoms with Crippen LogP contribution in [-0.2, 0) is 30.5 Å². The number of carbonyl (C=O) groups is 1. The van der Waals surface area contributed by atoms with Gasteiger partial charge in [0.15, 0.2) is 38.0 Å². The molecular weight excluding hydrogens is 462 g/mol. The van der Waals surface area contributed by atoms with E-state index in [4.69, 9.17) is 4.74 Å². The quantitative estimate of drug-likeness (QED) is 0.263. The second kappa shape index (κ2) is 10.1. The molecule has 3 aromatic rings. The zero-order valence-corrected chi connectivity index (χ0v) is 18.2. The van der Waals surface area contributed by atoms with Crippen LogP contribution >= 0.6 is 0 Å². The lowest BCUT2D eigenvalue weighted by Gasteiger charge is -2.19. The minimum atomic E-state index is -5.92. The van der Waals surface area contributed by atoms with E-state index >= 15 is 0 Å². The summed E-state index contributed by atoms with van der Waals surface area (Å²) in [5.74, 6) is -0.940. The fraction of sp³-hybridized carbons (Fsp3) is 0.136. The van der Waals surface area contributed by atoms with Crippen LogP contribution in [0.25, 0.3) is 0 Å². The number of hydrogen-bond acceptors (Lipinski definition) is 6. The number of benzene rings is 3. The van der Waals surface area contributed by atoms with Crippen molar-refractivity contribution < 1.29 is 36.0 Å². The van der Waals surface area contributed by atoms with Gasteiger partial charge < -0.3 is 14.0 Å². The molecule has 0 unspecified atom stereocenters. The van der Waals surface area contributed by atoms with Crippen molar-refractivity contribution in [2.24, 2.45) is 0 Å². The molecule has 0 bridgehead atoms. The molecule has 0 atom stereocenters. The molecule has 3 aromatic carbocycles. The Bertz CT molecular complexity index is 1100. The molecule has 10 heteroatoms. The van der Waals surface area contributed by atoms with Crippen LogP contribution in [0.5, 0.6) is 5.75 Å². The molecule has 0 aliphatic carbocycles. The number of ether oxygens (including phenoxy) is 2. The van der Waals surface area contributed by atoms with E-state index in [-0.39, 0.29) is 10.9 Å². The zero-order valence-electron chi connectivity index (χ0n) is 16.5. The Balaban J connectivity index is 1.67. The third-order valence-electron chi connectivity index (χ3n) is 4.14. The van der Waals surface area contributed by atoms with Gasteiger partial charge in [0.2, 0.25) is 0 Å². The average Bonchev–Trinajstić information content (AvgIpc) is 2.78. The van der Waals surface area contributed by atoms with Crippen LogP contribution in [0.3, 0.4) is 0 Å². The van der Waals surface area contributed by atoms with E-state index < -0.39 is 34.6 Å². The van der Waals surface area contributed by atoms with E-state index in [1.165, 1.54) is 0 Å². The van der Waals surface area contributed by atoms with Gasteiger partial charge >= 0.3 is 11.2 Å². The molecule has 0 aromatic heterocycles. The number of halogens is 2. The van der Waals surface area contributed by atoms with Crippen molar-refractivity contribution in [1.29, 1.82) is 0 Å². The highest BCUT2D eigenvalue weighted by Crippen LogP contribution is 2.31. The summed E-state index contributed by atoms with van der Waals surface area (Å²) in [6, 6.07) is 26.8. The highest BCUT2D eigenvalue weighted by molar-refractivity contribution is 7.97. The van der Waals surface area contributed by atoms with Crippen molar-refractivity contribution in [3.63, 3.8) is 0 Å². The maximum Gasteiger partial charge on any atom is 0.367 e. The van der Waals surface area contributed by atoms with Crippen LogP contribution < -0.4 is 4.74 Å². The van der Waals surface area contributed by atoms with E-state index in [9.17, 15) is 26.5 Å². The predicted molar refractivity (Wildman–Crippen MR) is 113 cm³/mol. The maximum atomic E-state index is 13.0. The summed E-state index contributed by atoms with van der Waals surface area (Å²) in [7, 11) is -6.30. The monoisotopic (exact) mass is 480 g/mol. The lowest BCUT2D eigenvalue weighted by atomic mass is 10.3. The molecule has 0 saturated heterocycles. The molecule has 3 rings (SSSR count). The molecule has 0 saturated carbocycles. The number of hydrogen-bond donors (Lipinski definition) is 0. The number of carbonyl (C=O) groups excluding carboxylic acids is 1.